The zero-order valence-electron chi connectivity index (χ0n) is 12.7. The number of hydrogen-bond acceptors (Lipinski definition) is 5. The number of nitrogens with one attached hydrogen (secondary N) is 2. The molecule has 6 nitrogen and oxygen atoms in total. The van der Waals surface area contributed by atoms with Crippen LogP contribution in [0.3, 0.4) is 0 Å². The number of hydrogen-bond donors (Lipinski definition) is 4. The van der Waals surface area contributed by atoms with Crippen molar-refractivity contribution in [1.82, 2.24) is 0 Å². The van der Waals surface area contributed by atoms with Crippen LogP contribution in [0.15, 0.2) is 42.5 Å². The lowest BCUT2D eigenvalue weighted by atomic mass is 9.98. The number of rotatable bonds is 5. The van der Waals surface area contributed by atoms with Gasteiger partial charge in [-0.15, -0.1) is 0 Å². The molecule has 0 bridgehead atoms. The van der Waals surface area contributed by atoms with Crippen molar-refractivity contribution in [3.63, 3.8) is 0 Å². The van der Waals surface area contributed by atoms with Crippen LogP contribution in [0.4, 0.5) is 11.4 Å². The van der Waals surface area contributed by atoms with Crippen LogP contribution >= 0.6 is 0 Å². The SMILES string of the molecule is CC(=O)c1cccc(C(=N)c2cc(NC(=O)CN)ccc2N)c1. The van der Waals surface area contributed by atoms with Crippen LogP contribution in [0.5, 0.6) is 0 Å². The quantitative estimate of drug-likeness (QED) is 0.382. The molecule has 2 aromatic rings. The van der Waals surface area contributed by atoms with E-state index in [9.17, 15) is 9.59 Å². The second kappa shape index (κ2) is 6.85. The molecule has 2 rings (SSSR count). The van der Waals surface area contributed by atoms with E-state index in [1.807, 2.05) is 0 Å². The van der Waals surface area contributed by atoms with Gasteiger partial charge in [-0.1, -0.05) is 18.2 Å². The fourth-order valence-electron chi connectivity index (χ4n) is 2.11. The topological polar surface area (TPSA) is 122 Å². The van der Waals surface area contributed by atoms with Crippen LogP contribution in [0.1, 0.15) is 28.4 Å². The molecule has 0 atom stereocenters. The Balaban J connectivity index is 2.38. The van der Waals surface area contributed by atoms with Crippen molar-refractivity contribution in [1.29, 1.82) is 5.41 Å². The lowest BCUT2D eigenvalue weighted by Gasteiger charge is -2.11. The van der Waals surface area contributed by atoms with Crippen LogP contribution in [-0.2, 0) is 4.79 Å². The lowest BCUT2D eigenvalue weighted by molar-refractivity contribution is -0.114. The Morgan fingerprint density at radius 1 is 1.13 bits per heavy atom. The van der Waals surface area contributed by atoms with E-state index in [1.165, 1.54) is 6.92 Å². The van der Waals surface area contributed by atoms with Gasteiger partial charge < -0.3 is 16.8 Å². The molecule has 23 heavy (non-hydrogen) atoms. The minimum Gasteiger partial charge on any atom is -0.398 e. The summed E-state index contributed by atoms with van der Waals surface area (Å²) in [5.74, 6) is -0.401. The second-order valence-electron chi connectivity index (χ2n) is 5.07. The second-order valence-corrected chi connectivity index (χ2v) is 5.07. The maximum absolute atomic E-state index is 11.5. The van der Waals surface area contributed by atoms with Gasteiger partial charge in [-0.05, 0) is 31.2 Å². The summed E-state index contributed by atoms with van der Waals surface area (Å²) in [5.41, 5.74) is 13.9. The highest BCUT2D eigenvalue weighted by atomic mass is 16.1. The first-order valence-electron chi connectivity index (χ1n) is 7.02. The summed E-state index contributed by atoms with van der Waals surface area (Å²) in [4.78, 5) is 22.9. The summed E-state index contributed by atoms with van der Waals surface area (Å²) in [6.45, 7) is 1.35. The molecule has 0 saturated heterocycles. The third-order valence-electron chi connectivity index (χ3n) is 3.35. The molecule has 0 fully saturated rings. The van der Waals surface area contributed by atoms with Gasteiger partial charge in [-0.2, -0.15) is 0 Å². The van der Waals surface area contributed by atoms with Gasteiger partial charge in [0.2, 0.25) is 5.91 Å². The van der Waals surface area contributed by atoms with E-state index in [4.69, 9.17) is 16.9 Å². The van der Waals surface area contributed by atoms with Gasteiger partial charge in [0, 0.05) is 28.1 Å². The molecule has 0 unspecified atom stereocenters. The highest BCUT2D eigenvalue weighted by molar-refractivity contribution is 6.15. The average molecular weight is 310 g/mol. The number of nitrogens with two attached hydrogens (primary N) is 2. The van der Waals surface area contributed by atoms with Gasteiger partial charge in [0.25, 0.3) is 0 Å². The van der Waals surface area contributed by atoms with Crippen LogP contribution in [0.25, 0.3) is 0 Å². The van der Waals surface area contributed by atoms with E-state index in [0.717, 1.165) is 0 Å². The number of benzene rings is 2. The van der Waals surface area contributed by atoms with E-state index in [-0.39, 0.29) is 23.9 Å². The fraction of sp³-hybridized carbons (Fsp3) is 0.118. The van der Waals surface area contributed by atoms with Gasteiger partial charge >= 0.3 is 0 Å². The predicted octanol–water partition coefficient (Wildman–Crippen LogP) is 1.78. The van der Waals surface area contributed by atoms with Gasteiger partial charge in [-0.25, -0.2) is 0 Å². The molecule has 0 aliphatic carbocycles. The summed E-state index contributed by atoms with van der Waals surface area (Å²) in [7, 11) is 0. The highest BCUT2D eigenvalue weighted by Crippen LogP contribution is 2.22. The summed E-state index contributed by atoms with van der Waals surface area (Å²) in [6.07, 6.45) is 0. The number of ketones is 1. The van der Waals surface area contributed by atoms with Gasteiger partial charge in [-0.3, -0.25) is 15.0 Å². The fourth-order valence-corrected chi connectivity index (χ4v) is 2.11. The molecule has 0 aromatic heterocycles. The first-order chi connectivity index (χ1) is 10.9. The van der Waals surface area contributed by atoms with E-state index in [0.29, 0.717) is 28.1 Å². The summed E-state index contributed by atoms with van der Waals surface area (Å²) >= 11 is 0. The normalized spacial score (nSPS) is 10.2. The molecule has 0 radical (unpaired) electrons. The Morgan fingerprint density at radius 3 is 2.48 bits per heavy atom. The van der Waals surface area contributed by atoms with Crippen LogP contribution in [0.2, 0.25) is 0 Å². The van der Waals surface area contributed by atoms with Crippen molar-refractivity contribution < 1.29 is 9.59 Å². The third-order valence-corrected chi connectivity index (χ3v) is 3.35. The minimum atomic E-state index is -0.328. The molecule has 0 spiro atoms. The van der Waals surface area contributed by atoms with Crippen molar-refractivity contribution >= 4 is 28.8 Å². The number of amides is 1. The molecule has 118 valence electrons. The Morgan fingerprint density at radius 2 is 1.83 bits per heavy atom. The third kappa shape index (κ3) is 3.81. The molecule has 1 amide bonds. The van der Waals surface area contributed by atoms with Crippen molar-refractivity contribution in [2.75, 3.05) is 17.6 Å². The predicted molar refractivity (Wildman–Crippen MR) is 90.9 cm³/mol. The van der Waals surface area contributed by atoms with E-state index >= 15 is 0 Å². The Kier molecular flexibility index (Phi) is 4.88. The molecule has 0 aliphatic rings. The van der Waals surface area contributed by atoms with Gasteiger partial charge in [0.05, 0.1) is 12.3 Å². The molecule has 6 heteroatoms. The number of anilines is 2. The summed E-state index contributed by atoms with van der Waals surface area (Å²) < 4.78 is 0. The number of Topliss-reactive ketones (excluding diaryl/α,β-unsaturated/α-hetero) is 1. The highest BCUT2D eigenvalue weighted by Gasteiger charge is 2.12. The average Bonchev–Trinajstić information content (AvgIpc) is 2.55. The number of carbonyl (C=O) groups is 2. The Labute approximate surface area is 134 Å². The summed E-state index contributed by atoms with van der Waals surface area (Å²) in [6, 6.07) is 11.7. The largest absolute Gasteiger partial charge is 0.398 e. The summed E-state index contributed by atoms with van der Waals surface area (Å²) in [5, 5.41) is 11.0. The lowest BCUT2D eigenvalue weighted by Crippen LogP contribution is -2.22. The molecule has 0 saturated carbocycles. The first-order valence-corrected chi connectivity index (χ1v) is 7.02. The molecule has 6 N–H and O–H groups in total. The number of nitrogen functional groups attached to an aromatic ring is 1. The van der Waals surface area contributed by atoms with E-state index in [2.05, 4.69) is 5.32 Å². The van der Waals surface area contributed by atoms with Crippen LogP contribution in [-0.4, -0.2) is 23.9 Å². The molecule has 2 aromatic carbocycles. The van der Waals surface area contributed by atoms with Crippen molar-refractivity contribution in [2.24, 2.45) is 5.73 Å². The van der Waals surface area contributed by atoms with E-state index < -0.39 is 0 Å². The van der Waals surface area contributed by atoms with Crippen molar-refractivity contribution in [2.45, 2.75) is 6.92 Å². The van der Waals surface area contributed by atoms with Crippen molar-refractivity contribution in [3.8, 4) is 0 Å². The molecular formula is C17H18N4O2. The standard InChI is InChI=1S/C17H18N4O2/c1-10(22)11-3-2-4-12(7-11)17(20)14-8-13(5-6-15(14)19)21-16(23)9-18/h2-8,20H,9,18-19H2,1H3,(H,21,23). The zero-order chi connectivity index (χ0) is 17.0. The molecule has 0 aliphatic heterocycles. The Hall–Kier alpha value is -2.99. The molecule has 0 heterocycles. The first kappa shape index (κ1) is 16.4. The van der Waals surface area contributed by atoms with Crippen LogP contribution in [0, 0.1) is 5.41 Å². The monoisotopic (exact) mass is 310 g/mol. The van der Waals surface area contributed by atoms with Gasteiger partial charge in [0.1, 0.15) is 0 Å². The maximum Gasteiger partial charge on any atom is 0.238 e. The van der Waals surface area contributed by atoms with Gasteiger partial charge in [0.15, 0.2) is 5.78 Å². The minimum absolute atomic E-state index is 0.0726. The van der Waals surface area contributed by atoms with Crippen molar-refractivity contribution in [3.05, 3.63) is 59.2 Å². The maximum atomic E-state index is 11.5. The Bertz CT molecular complexity index is 784. The smallest absolute Gasteiger partial charge is 0.238 e. The molecular weight excluding hydrogens is 292 g/mol. The van der Waals surface area contributed by atoms with E-state index in [1.54, 1.807) is 42.5 Å². The zero-order valence-corrected chi connectivity index (χ0v) is 12.7. The number of carbonyl (C=O) groups excluding carboxylic acids is 2. The van der Waals surface area contributed by atoms with Crippen LogP contribution < -0.4 is 16.8 Å².